The van der Waals surface area contributed by atoms with E-state index in [1.165, 1.54) is 0 Å². The number of methoxy groups -OCH3 is 1. The van der Waals surface area contributed by atoms with E-state index < -0.39 is 0 Å². The van der Waals surface area contributed by atoms with Gasteiger partial charge < -0.3 is 9.47 Å². The van der Waals surface area contributed by atoms with Gasteiger partial charge in [-0.1, -0.05) is 18.2 Å². The fourth-order valence-corrected chi connectivity index (χ4v) is 3.09. The van der Waals surface area contributed by atoms with Crippen LogP contribution in [0.5, 0.6) is 11.5 Å². The molecule has 0 aliphatic carbocycles. The van der Waals surface area contributed by atoms with Gasteiger partial charge in [0.15, 0.2) is 0 Å². The van der Waals surface area contributed by atoms with Gasteiger partial charge in [-0.25, -0.2) is 4.98 Å². The molecule has 0 aliphatic rings. The highest BCUT2D eigenvalue weighted by Gasteiger charge is 2.05. The van der Waals surface area contributed by atoms with Crippen molar-refractivity contribution in [1.29, 1.82) is 0 Å². The molecule has 0 radical (unpaired) electrons. The van der Waals surface area contributed by atoms with Crippen LogP contribution in [0.1, 0.15) is 11.4 Å². The molecule has 0 saturated carbocycles. The van der Waals surface area contributed by atoms with Crippen molar-refractivity contribution in [3.63, 3.8) is 0 Å². The molecule has 0 fully saturated rings. The Labute approximate surface area is 140 Å². The number of benzene rings is 2. The summed E-state index contributed by atoms with van der Waals surface area (Å²) in [6.45, 7) is 0.778. The molecule has 0 atom stereocenters. The maximum absolute atomic E-state index is 5.81. The van der Waals surface area contributed by atoms with Gasteiger partial charge in [-0.3, -0.25) is 0 Å². The van der Waals surface area contributed by atoms with Crippen LogP contribution in [0.2, 0.25) is 0 Å². The summed E-state index contributed by atoms with van der Waals surface area (Å²) in [6.07, 6.45) is 1.97. The van der Waals surface area contributed by atoms with E-state index in [0.29, 0.717) is 0 Å². The molecule has 2 aromatic carbocycles. The number of hydrogen-bond acceptors (Lipinski definition) is 4. The minimum absolute atomic E-state index is 0.778. The zero-order valence-corrected chi connectivity index (χ0v) is 13.9. The number of aryl methyl sites for hydroxylation is 1. The van der Waals surface area contributed by atoms with E-state index in [2.05, 4.69) is 10.4 Å². The number of rotatable bonds is 7. The molecule has 3 nitrogen and oxygen atoms in total. The highest BCUT2D eigenvalue weighted by Crippen LogP contribution is 2.27. The molecule has 118 valence electrons. The molecule has 3 rings (SSSR count). The molecule has 0 amide bonds. The Kier molecular flexibility index (Phi) is 5.40. The predicted molar refractivity (Wildman–Crippen MR) is 94.3 cm³/mol. The second-order valence-electron chi connectivity index (χ2n) is 5.16. The summed E-state index contributed by atoms with van der Waals surface area (Å²) in [5.74, 6) is 1.67. The zero-order chi connectivity index (χ0) is 15.9. The van der Waals surface area contributed by atoms with Crippen molar-refractivity contribution in [2.45, 2.75) is 12.8 Å². The van der Waals surface area contributed by atoms with Gasteiger partial charge in [0, 0.05) is 31.1 Å². The van der Waals surface area contributed by atoms with Crippen molar-refractivity contribution >= 4 is 11.3 Å². The smallest absolute Gasteiger partial charge is 0.127 e. The van der Waals surface area contributed by atoms with Crippen LogP contribution in [-0.4, -0.2) is 18.7 Å². The minimum atomic E-state index is 0.778. The van der Waals surface area contributed by atoms with Crippen LogP contribution < -0.4 is 4.74 Å². The van der Waals surface area contributed by atoms with E-state index in [4.69, 9.17) is 9.47 Å². The predicted octanol–water partition coefficient (Wildman–Crippen LogP) is 5.18. The van der Waals surface area contributed by atoms with Crippen LogP contribution in [0.25, 0.3) is 11.3 Å². The second kappa shape index (κ2) is 7.90. The number of thiazole rings is 1. The molecule has 1 aromatic heterocycles. The van der Waals surface area contributed by atoms with Crippen molar-refractivity contribution in [1.82, 2.24) is 4.98 Å². The first-order valence-electron chi connectivity index (χ1n) is 7.62. The highest BCUT2D eigenvalue weighted by molar-refractivity contribution is 7.09. The molecule has 0 aliphatic heterocycles. The number of ether oxygens (including phenoxy) is 2. The van der Waals surface area contributed by atoms with Gasteiger partial charge in [0.25, 0.3) is 0 Å². The topological polar surface area (TPSA) is 31.4 Å². The first-order valence-corrected chi connectivity index (χ1v) is 8.50. The average molecular weight is 325 g/mol. The Morgan fingerprint density at radius 3 is 2.43 bits per heavy atom. The first kappa shape index (κ1) is 15.7. The fourth-order valence-electron chi connectivity index (χ4n) is 2.24. The van der Waals surface area contributed by atoms with Crippen molar-refractivity contribution < 1.29 is 9.47 Å². The van der Waals surface area contributed by atoms with E-state index in [0.717, 1.165) is 47.2 Å². The number of hydrogen-bond donors (Lipinski definition) is 0. The summed E-state index contributed by atoms with van der Waals surface area (Å²) in [4.78, 5) is 4.69. The van der Waals surface area contributed by atoms with Gasteiger partial charge in [-0.15, -0.1) is 11.3 Å². The number of para-hydroxylation sites is 1. The monoisotopic (exact) mass is 325 g/mol. The molecule has 23 heavy (non-hydrogen) atoms. The van der Waals surface area contributed by atoms with Crippen LogP contribution in [0.15, 0.2) is 60.0 Å². The van der Waals surface area contributed by atoms with Crippen molar-refractivity contribution in [3.8, 4) is 22.8 Å². The Balaban J connectivity index is 1.65. The van der Waals surface area contributed by atoms with Gasteiger partial charge in [-0.2, -0.15) is 0 Å². The summed E-state index contributed by atoms with van der Waals surface area (Å²) in [5, 5.41) is 3.26. The molecule has 0 spiro atoms. The Bertz CT molecular complexity index is 723. The Hall–Kier alpha value is -2.17. The van der Waals surface area contributed by atoms with Crippen LogP contribution in [-0.2, 0) is 11.2 Å². The molecule has 0 N–H and O–H groups in total. The van der Waals surface area contributed by atoms with E-state index in [1.807, 2.05) is 54.6 Å². The van der Waals surface area contributed by atoms with Crippen molar-refractivity contribution in [3.05, 3.63) is 65.0 Å². The van der Waals surface area contributed by atoms with Crippen LogP contribution in [0, 0.1) is 0 Å². The third-order valence-electron chi connectivity index (χ3n) is 3.42. The number of aromatic nitrogens is 1. The maximum Gasteiger partial charge on any atom is 0.127 e. The van der Waals surface area contributed by atoms with Crippen molar-refractivity contribution in [2.75, 3.05) is 13.7 Å². The van der Waals surface area contributed by atoms with Gasteiger partial charge in [0.05, 0.1) is 10.7 Å². The summed E-state index contributed by atoms with van der Waals surface area (Å²) >= 11 is 1.70. The second-order valence-corrected chi connectivity index (χ2v) is 6.10. The largest absolute Gasteiger partial charge is 0.457 e. The molecular formula is C19H19NO2S. The normalized spacial score (nSPS) is 10.7. The molecule has 0 saturated heterocycles. The van der Waals surface area contributed by atoms with Gasteiger partial charge in [-0.05, 0) is 42.8 Å². The minimum Gasteiger partial charge on any atom is -0.457 e. The quantitative estimate of drug-likeness (QED) is 0.561. The Morgan fingerprint density at radius 2 is 1.70 bits per heavy atom. The molecular weight excluding hydrogens is 306 g/mol. The van der Waals surface area contributed by atoms with E-state index in [-0.39, 0.29) is 0 Å². The molecule has 1 heterocycles. The summed E-state index contributed by atoms with van der Waals surface area (Å²) in [5.41, 5.74) is 2.13. The highest BCUT2D eigenvalue weighted by atomic mass is 32.1. The van der Waals surface area contributed by atoms with Crippen LogP contribution in [0.4, 0.5) is 0 Å². The Morgan fingerprint density at radius 1 is 0.957 bits per heavy atom. The van der Waals surface area contributed by atoms with Crippen LogP contribution >= 0.6 is 11.3 Å². The lowest BCUT2D eigenvalue weighted by atomic mass is 10.2. The van der Waals surface area contributed by atoms with Gasteiger partial charge in [0.1, 0.15) is 11.5 Å². The lowest BCUT2D eigenvalue weighted by Crippen LogP contribution is -1.92. The third-order valence-corrected chi connectivity index (χ3v) is 4.33. The van der Waals surface area contributed by atoms with Gasteiger partial charge >= 0.3 is 0 Å². The lowest BCUT2D eigenvalue weighted by Gasteiger charge is -2.05. The third kappa shape index (κ3) is 4.41. The molecule has 0 unspecified atom stereocenters. The summed E-state index contributed by atoms with van der Waals surface area (Å²) in [6, 6.07) is 17.8. The molecule has 4 heteroatoms. The fraction of sp³-hybridized carbons (Fsp3) is 0.211. The molecule has 3 aromatic rings. The van der Waals surface area contributed by atoms with Crippen LogP contribution in [0.3, 0.4) is 0 Å². The summed E-state index contributed by atoms with van der Waals surface area (Å²) in [7, 11) is 1.73. The van der Waals surface area contributed by atoms with Crippen molar-refractivity contribution in [2.24, 2.45) is 0 Å². The average Bonchev–Trinajstić information content (AvgIpc) is 3.06. The van der Waals surface area contributed by atoms with E-state index in [9.17, 15) is 0 Å². The van der Waals surface area contributed by atoms with Gasteiger partial charge in [0.2, 0.25) is 0 Å². The SMILES string of the molecule is COCCCc1nc(-c2ccc(Oc3ccccc3)cc2)cs1. The first-order chi connectivity index (χ1) is 11.3. The zero-order valence-electron chi connectivity index (χ0n) is 13.1. The summed E-state index contributed by atoms with van der Waals surface area (Å²) < 4.78 is 10.9. The number of nitrogens with zero attached hydrogens (tertiary/aromatic N) is 1. The lowest BCUT2D eigenvalue weighted by molar-refractivity contribution is 0.195. The van der Waals surface area contributed by atoms with E-state index in [1.54, 1.807) is 18.4 Å². The maximum atomic E-state index is 5.81. The van der Waals surface area contributed by atoms with E-state index >= 15 is 0 Å². The molecule has 0 bridgehead atoms. The standard InChI is InChI=1S/C19H19NO2S/c1-21-13-5-8-19-20-18(14-23-19)15-9-11-17(12-10-15)22-16-6-3-2-4-7-16/h2-4,6-7,9-12,14H,5,8,13H2,1H3.